The molecule has 1 saturated heterocycles. The highest BCUT2D eigenvalue weighted by molar-refractivity contribution is 7.89. The van der Waals surface area contributed by atoms with Gasteiger partial charge in [-0.15, -0.1) is 0 Å². The van der Waals surface area contributed by atoms with Crippen molar-refractivity contribution < 1.29 is 13.2 Å². The number of nitrogens with one attached hydrogen (secondary N) is 2. The quantitative estimate of drug-likeness (QED) is 0.792. The van der Waals surface area contributed by atoms with Crippen molar-refractivity contribution in [2.75, 3.05) is 30.7 Å². The number of urea groups is 1. The minimum atomic E-state index is -3.28. The summed E-state index contributed by atoms with van der Waals surface area (Å²) in [5.74, 6) is -0.0989. The zero-order valence-electron chi connectivity index (χ0n) is 12.3. The summed E-state index contributed by atoms with van der Waals surface area (Å²) in [6.45, 7) is 2.93. The van der Waals surface area contributed by atoms with Crippen molar-refractivity contribution in [2.45, 2.75) is 19.8 Å². The Kier molecular flexibility index (Phi) is 5.60. The minimum Gasteiger partial charge on any atom is -0.337 e. The first-order valence-electron chi connectivity index (χ1n) is 7.04. The van der Waals surface area contributed by atoms with Gasteiger partial charge in [0.05, 0.1) is 17.1 Å². The summed E-state index contributed by atoms with van der Waals surface area (Å²) >= 11 is 5.74. The monoisotopic (exact) mass is 346 g/mol. The molecule has 0 atom stereocenters. The Labute approximate surface area is 135 Å². The van der Waals surface area contributed by atoms with Crippen molar-refractivity contribution in [1.82, 2.24) is 14.6 Å². The van der Waals surface area contributed by atoms with E-state index in [0.717, 1.165) is 12.8 Å². The molecule has 0 radical (unpaired) electrons. The summed E-state index contributed by atoms with van der Waals surface area (Å²) in [7, 11) is -3.28. The number of sulfonamides is 1. The van der Waals surface area contributed by atoms with Gasteiger partial charge in [-0.25, -0.2) is 22.5 Å². The van der Waals surface area contributed by atoms with E-state index in [1.54, 1.807) is 19.1 Å². The van der Waals surface area contributed by atoms with E-state index >= 15 is 0 Å². The molecule has 0 spiro atoms. The average Bonchev–Trinajstić information content (AvgIpc) is 2.96. The van der Waals surface area contributed by atoms with Crippen molar-refractivity contribution in [3.8, 4) is 0 Å². The van der Waals surface area contributed by atoms with Crippen LogP contribution in [-0.4, -0.2) is 49.1 Å². The minimum absolute atomic E-state index is 0.0603. The molecule has 22 heavy (non-hydrogen) atoms. The van der Waals surface area contributed by atoms with Crippen LogP contribution in [0.1, 0.15) is 18.5 Å². The van der Waals surface area contributed by atoms with Crippen molar-refractivity contribution >= 4 is 33.3 Å². The lowest BCUT2D eigenvalue weighted by Crippen LogP contribution is -2.37. The normalized spacial score (nSPS) is 15.7. The molecule has 2 rings (SSSR count). The smallest absolute Gasteiger partial charge is 0.319 e. The molecule has 1 aliphatic rings. The van der Waals surface area contributed by atoms with E-state index < -0.39 is 16.1 Å². The predicted octanol–water partition coefficient (Wildman–Crippen LogP) is 1.59. The van der Waals surface area contributed by atoms with E-state index in [1.165, 1.54) is 4.31 Å². The number of nitrogens with zero attached hydrogens (tertiary/aromatic N) is 2. The molecule has 1 aromatic rings. The highest BCUT2D eigenvalue weighted by atomic mass is 35.5. The Bertz CT molecular complexity index is 645. The van der Waals surface area contributed by atoms with Crippen LogP contribution >= 0.6 is 11.6 Å². The molecule has 0 saturated carbocycles. The molecule has 122 valence electrons. The number of amides is 2. The largest absolute Gasteiger partial charge is 0.337 e. The second-order valence-corrected chi connectivity index (χ2v) is 7.55. The van der Waals surface area contributed by atoms with Crippen LogP contribution in [0.2, 0.25) is 5.15 Å². The highest BCUT2D eigenvalue weighted by Crippen LogP contribution is 2.15. The van der Waals surface area contributed by atoms with Crippen molar-refractivity contribution in [2.24, 2.45) is 0 Å². The second-order valence-electron chi connectivity index (χ2n) is 5.07. The Morgan fingerprint density at radius 3 is 2.68 bits per heavy atom. The third-order valence-electron chi connectivity index (χ3n) is 3.40. The molecule has 0 unspecified atom stereocenters. The maximum atomic E-state index is 12.0. The number of hydrogen-bond acceptors (Lipinski definition) is 4. The summed E-state index contributed by atoms with van der Waals surface area (Å²) in [5.41, 5.74) is 1.12. The first-order valence-corrected chi connectivity index (χ1v) is 9.03. The van der Waals surface area contributed by atoms with Gasteiger partial charge in [-0.05, 0) is 31.9 Å². The lowest BCUT2D eigenvalue weighted by atomic mass is 10.3. The van der Waals surface area contributed by atoms with Gasteiger partial charge in [-0.2, -0.15) is 0 Å². The summed E-state index contributed by atoms with van der Waals surface area (Å²) < 4.78 is 25.5. The van der Waals surface area contributed by atoms with Crippen molar-refractivity contribution in [1.29, 1.82) is 0 Å². The third-order valence-corrected chi connectivity index (χ3v) is 5.49. The Balaban J connectivity index is 1.80. The molecule has 2 heterocycles. The number of carbonyl (C=O) groups is 1. The summed E-state index contributed by atoms with van der Waals surface area (Å²) in [5, 5.41) is 5.50. The fraction of sp³-hybridized carbons (Fsp3) is 0.538. The lowest BCUT2D eigenvalue weighted by Gasteiger charge is -2.15. The molecule has 1 aliphatic heterocycles. The molecule has 2 N–H and O–H groups in total. The summed E-state index contributed by atoms with van der Waals surface area (Å²) in [6.07, 6.45) is 1.80. The van der Waals surface area contributed by atoms with Gasteiger partial charge in [-0.1, -0.05) is 11.6 Å². The van der Waals surface area contributed by atoms with Crippen molar-refractivity contribution in [3.63, 3.8) is 0 Å². The van der Waals surface area contributed by atoms with Crippen LogP contribution in [0.4, 0.5) is 10.5 Å². The second kappa shape index (κ2) is 7.26. The van der Waals surface area contributed by atoms with Crippen LogP contribution in [0.5, 0.6) is 0 Å². The first kappa shape index (κ1) is 17.0. The Morgan fingerprint density at radius 2 is 2.05 bits per heavy atom. The van der Waals surface area contributed by atoms with Gasteiger partial charge in [0, 0.05) is 19.6 Å². The van der Waals surface area contributed by atoms with E-state index in [1.807, 2.05) is 0 Å². The van der Waals surface area contributed by atoms with Crippen LogP contribution in [0, 0.1) is 6.92 Å². The van der Waals surface area contributed by atoms with Crippen LogP contribution in [0.3, 0.4) is 0 Å². The third kappa shape index (κ3) is 4.56. The van der Waals surface area contributed by atoms with E-state index in [9.17, 15) is 13.2 Å². The zero-order valence-corrected chi connectivity index (χ0v) is 13.9. The van der Waals surface area contributed by atoms with Gasteiger partial charge in [0.25, 0.3) is 0 Å². The molecule has 7 nitrogen and oxygen atoms in total. The Hall–Kier alpha value is -1.38. The van der Waals surface area contributed by atoms with Gasteiger partial charge in [0.1, 0.15) is 5.15 Å². The first-order chi connectivity index (χ1) is 10.4. The molecule has 9 heteroatoms. The number of hydrogen-bond donors (Lipinski definition) is 2. The molecular formula is C13H19ClN4O3S. The number of aromatic nitrogens is 1. The van der Waals surface area contributed by atoms with E-state index in [2.05, 4.69) is 15.6 Å². The molecule has 0 aliphatic carbocycles. The Morgan fingerprint density at radius 1 is 1.36 bits per heavy atom. The molecule has 0 bridgehead atoms. The van der Waals surface area contributed by atoms with Crippen LogP contribution < -0.4 is 10.6 Å². The van der Waals surface area contributed by atoms with Crippen molar-refractivity contribution in [3.05, 3.63) is 23.0 Å². The molecule has 1 aromatic heterocycles. The molecule has 1 fully saturated rings. The molecular weight excluding hydrogens is 328 g/mol. The van der Waals surface area contributed by atoms with E-state index in [0.29, 0.717) is 29.6 Å². The number of halogens is 1. The molecule has 2 amide bonds. The van der Waals surface area contributed by atoms with E-state index in [-0.39, 0.29) is 12.3 Å². The maximum absolute atomic E-state index is 12.0. The maximum Gasteiger partial charge on any atom is 0.319 e. The fourth-order valence-electron chi connectivity index (χ4n) is 2.22. The van der Waals surface area contributed by atoms with Gasteiger partial charge in [0.2, 0.25) is 10.0 Å². The van der Waals surface area contributed by atoms with Gasteiger partial charge >= 0.3 is 6.03 Å². The number of rotatable bonds is 5. The van der Waals surface area contributed by atoms with Gasteiger partial charge < -0.3 is 10.6 Å². The highest BCUT2D eigenvalue weighted by Gasteiger charge is 2.24. The predicted molar refractivity (Wildman–Crippen MR) is 85.6 cm³/mol. The standard InChI is InChI=1S/C13H19ClN4O3S/c1-10-11(4-5-12(14)16-10)17-13(19)15-6-9-22(20,21)18-7-2-3-8-18/h4-5H,2-3,6-9H2,1H3,(H2,15,17,19). The van der Waals surface area contributed by atoms with E-state index in [4.69, 9.17) is 11.6 Å². The summed E-state index contributed by atoms with van der Waals surface area (Å²) in [4.78, 5) is 15.8. The number of anilines is 1. The zero-order chi connectivity index (χ0) is 16.2. The number of aryl methyl sites for hydroxylation is 1. The van der Waals surface area contributed by atoms with Crippen LogP contribution in [0.15, 0.2) is 12.1 Å². The SMILES string of the molecule is Cc1nc(Cl)ccc1NC(=O)NCCS(=O)(=O)N1CCCC1. The van der Waals surface area contributed by atoms with Crippen LogP contribution in [-0.2, 0) is 10.0 Å². The topological polar surface area (TPSA) is 91.4 Å². The fourth-order valence-corrected chi connectivity index (χ4v) is 3.84. The summed E-state index contributed by atoms with van der Waals surface area (Å²) in [6, 6.07) is 2.75. The van der Waals surface area contributed by atoms with Gasteiger partial charge in [0.15, 0.2) is 0 Å². The van der Waals surface area contributed by atoms with Crippen LogP contribution in [0.25, 0.3) is 0 Å². The molecule has 0 aromatic carbocycles. The lowest BCUT2D eigenvalue weighted by molar-refractivity contribution is 0.252. The number of carbonyl (C=O) groups excluding carboxylic acids is 1. The average molecular weight is 347 g/mol. The van der Waals surface area contributed by atoms with Gasteiger partial charge in [-0.3, -0.25) is 0 Å². The number of pyridine rings is 1.